The first kappa shape index (κ1) is 29.5. The number of likely N-dealkylation sites (N-methyl/N-ethyl adjacent to an activating group) is 1. The summed E-state index contributed by atoms with van der Waals surface area (Å²) in [5, 5.41) is 6.41. The van der Waals surface area contributed by atoms with Crippen LogP contribution in [-0.2, 0) is 0 Å². The van der Waals surface area contributed by atoms with Crippen molar-refractivity contribution in [3.63, 3.8) is 0 Å². The predicted molar refractivity (Wildman–Crippen MR) is 152 cm³/mol. The molecule has 1 saturated carbocycles. The average Bonchev–Trinajstić information content (AvgIpc) is 3.81. The molecule has 2 heterocycles. The molecule has 0 aliphatic heterocycles. The summed E-state index contributed by atoms with van der Waals surface area (Å²) < 4.78 is 50.9. The molecule has 0 unspecified atom stereocenters. The van der Waals surface area contributed by atoms with Gasteiger partial charge in [-0.05, 0) is 37.6 Å². The van der Waals surface area contributed by atoms with Gasteiger partial charge in [-0.15, -0.1) is 0 Å². The standard InChI is InChI=1S/C21H23F2N3O3.C9H9NO2/c1-4-25-7-8-28-20-12-17-14(11-19(20)27-3)18(5-6-26-17)29-21-15(22)9-13(24-2)10-16(21)23;11-6-7-5-10-4-3-9(7)12-8-1-2-8/h5-6,9-12,24-25H,4,7-8H2,1-3H3;3-6,8H,1-2H2. The monoisotopic (exact) mass is 566 g/mol. The van der Waals surface area contributed by atoms with E-state index >= 15 is 0 Å². The van der Waals surface area contributed by atoms with Crippen molar-refractivity contribution in [1.29, 1.82) is 0 Å². The second-order valence-electron chi connectivity index (χ2n) is 9.00. The summed E-state index contributed by atoms with van der Waals surface area (Å²) in [4.78, 5) is 18.6. The minimum atomic E-state index is -0.811. The molecule has 9 nitrogen and oxygen atoms in total. The number of ether oxygens (including phenoxy) is 4. The zero-order valence-electron chi connectivity index (χ0n) is 23.1. The van der Waals surface area contributed by atoms with E-state index in [0.29, 0.717) is 58.7 Å². The van der Waals surface area contributed by atoms with Crippen molar-refractivity contribution in [3.05, 3.63) is 72.2 Å². The summed E-state index contributed by atoms with van der Waals surface area (Å²) in [6.45, 7) is 4.01. The van der Waals surface area contributed by atoms with Gasteiger partial charge in [0.25, 0.3) is 0 Å². The second kappa shape index (κ2) is 14.2. The molecule has 0 spiro atoms. The number of aromatic nitrogens is 2. The lowest BCUT2D eigenvalue weighted by molar-refractivity contribution is 0.111. The van der Waals surface area contributed by atoms with Gasteiger partial charge in [-0.25, -0.2) is 8.78 Å². The number of hydrogen-bond donors (Lipinski definition) is 2. The molecule has 0 bridgehead atoms. The number of aldehydes is 1. The number of halogens is 2. The highest BCUT2D eigenvalue weighted by Gasteiger charge is 2.24. The number of nitrogens with zero attached hydrogens (tertiary/aromatic N) is 2. The van der Waals surface area contributed by atoms with Crippen molar-refractivity contribution in [1.82, 2.24) is 15.3 Å². The van der Waals surface area contributed by atoms with E-state index in [1.165, 1.54) is 31.6 Å². The molecular formula is C30H32F2N4O5. The minimum absolute atomic E-state index is 0.252. The van der Waals surface area contributed by atoms with Crippen LogP contribution in [0.4, 0.5) is 14.5 Å². The smallest absolute Gasteiger partial charge is 0.198 e. The van der Waals surface area contributed by atoms with E-state index < -0.39 is 17.4 Å². The van der Waals surface area contributed by atoms with Crippen LogP contribution < -0.4 is 29.6 Å². The third kappa shape index (κ3) is 7.79. The Morgan fingerprint density at radius 2 is 1.78 bits per heavy atom. The molecule has 2 N–H and O–H groups in total. The zero-order valence-corrected chi connectivity index (χ0v) is 23.1. The van der Waals surface area contributed by atoms with Crippen LogP contribution in [0.25, 0.3) is 10.9 Å². The Hall–Kier alpha value is -4.51. The molecule has 0 atom stereocenters. The minimum Gasteiger partial charge on any atom is -0.493 e. The number of nitrogens with one attached hydrogen (secondary N) is 2. The molecular weight excluding hydrogens is 534 g/mol. The number of rotatable bonds is 12. The number of hydrogen-bond acceptors (Lipinski definition) is 9. The molecule has 41 heavy (non-hydrogen) atoms. The molecule has 216 valence electrons. The SMILES string of the molecule is CCNCCOc1cc2nccc(Oc3c(F)cc(NC)cc3F)c2cc1OC.O=Cc1cnccc1OC1CC1. The Bertz CT molecular complexity index is 1460. The number of pyridine rings is 2. The third-order valence-electron chi connectivity index (χ3n) is 6.03. The number of anilines is 1. The van der Waals surface area contributed by atoms with Crippen molar-refractivity contribution in [2.24, 2.45) is 0 Å². The molecule has 2 aromatic heterocycles. The van der Waals surface area contributed by atoms with E-state index in [4.69, 9.17) is 18.9 Å². The Morgan fingerprint density at radius 3 is 2.44 bits per heavy atom. The summed E-state index contributed by atoms with van der Waals surface area (Å²) >= 11 is 0. The fraction of sp³-hybridized carbons (Fsp3) is 0.300. The van der Waals surface area contributed by atoms with Gasteiger partial charge in [0.2, 0.25) is 0 Å². The van der Waals surface area contributed by atoms with Crippen LogP contribution in [0, 0.1) is 11.6 Å². The van der Waals surface area contributed by atoms with Crippen molar-refractivity contribution in [2.75, 3.05) is 39.2 Å². The first-order chi connectivity index (χ1) is 20.0. The van der Waals surface area contributed by atoms with Crippen LogP contribution in [0.15, 0.2) is 55.0 Å². The lowest BCUT2D eigenvalue weighted by Crippen LogP contribution is -2.20. The quantitative estimate of drug-likeness (QED) is 0.163. The van der Waals surface area contributed by atoms with Crippen LogP contribution in [-0.4, -0.2) is 56.2 Å². The van der Waals surface area contributed by atoms with Crippen LogP contribution in [0.5, 0.6) is 28.7 Å². The lowest BCUT2D eigenvalue weighted by atomic mass is 10.1. The molecule has 11 heteroatoms. The molecule has 0 radical (unpaired) electrons. The van der Waals surface area contributed by atoms with Gasteiger partial charge in [0, 0.05) is 61.5 Å². The van der Waals surface area contributed by atoms with Crippen molar-refractivity contribution < 1.29 is 32.5 Å². The number of methoxy groups -OCH3 is 1. The van der Waals surface area contributed by atoms with E-state index in [0.717, 1.165) is 25.7 Å². The number of carbonyl (C=O) groups is 1. The maximum Gasteiger partial charge on any atom is 0.198 e. The Labute approximate surface area is 236 Å². The van der Waals surface area contributed by atoms with Crippen molar-refractivity contribution in [2.45, 2.75) is 25.9 Å². The van der Waals surface area contributed by atoms with E-state index in [2.05, 4.69) is 20.6 Å². The molecule has 1 aliphatic carbocycles. The fourth-order valence-electron chi connectivity index (χ4n) is 3.77. The van der Waals surface area contributed by atoms with Gasteiger partial charge in [0.15, 0.2) is 35.2 Å². The van der Waals surface area contributed by atoms with E-state index in [1.54, 1.807) is 37.5 Å². The normalized spacial score (nSPS) is 12.2. The average molecular weight is 567 g/mol. The van der Waals surface area contributed by atoms with Gasteiger partial charge in [0.05, 0.1) is 24.3 Å². The summed E-state index contributed by atoms with van der Waals surface area (Å²) in [6.07, 6.45) is 7.94. The van der Waals surface area contributed by atoms with Gasteiger partial charge in [0.1, 0.15) is 18.1 Å². The van der Waals surface area contributed by atoms with E-state index in [9.17, 15) is 13.6 Å². The highest BCUT2D eigenvalue weighted by molar-refractivity contribution is 5.88. The zero-order chi connectivity index (χ0) is 29.2. The summed E-state index contributed by atoms with van der Waals surface area (Å²) in [7, 11) is 3.10. The molecule has 2 aromatic carbocycles. The van der Waals surface area contributed by atoms with Crippen LogP contribution in [0.2, 0.25) is 0 Å². The number of fused-ring (bicyclic) bond motifs is 1. The van der Waals surface area contributed by atoms with Gasteiger partial charge in [-0.1, -0.05) is 6.92 Å². The first-order valence-electron chi connectivity index (χ1n) is 13.2. The topological polar surface area (TPSA) is 104 Å². The lowest BCUT2D eigenvalue weighted by Gasteiger charge is -2.15. The highest BCUT2D eigenvalue weighted by Crippen LogP contribution is 2.38. The van der Waals surface area contributed by atoms with Gasteiger partial charge in [-0.2, -0.15) is 0 Å². The van der Waals surface area contributed by atoms with E-state index in [-0.39, 0.29) is 5.75 Å². The summed E-state index contributed by atoms with van der Waals surface area (Å²) in [5.74, 6) is -0.202. The molecule has 1 aliphatic rings. The largest absolute Gasteiger partial charge is 0.493 e. The van der Waals surface area contributed by atoms with Gasteiger partial charge < -0.3 is 29.6 Å². The Morgan fingerprint density at radius 1 is 1.02 bits per heavy atom. The number of carbonyl (C=O) groups excluding carboxylic acids is 1. The molecule has 5 rings (SSSR count). The van der Waals surface area contributed by atoms with E-state index in [1.807, 2.05) is 6.92 Å². The van der Waals surface area contributed by atoms with Crippen LogP contribution in [0.1, 0.15) is 30.1 Å². The van der Waals surface area contributed by atoms with Crippen molar-refractivity contribution in [3.8, 4) is 28.7 Å². The molecule has 4 aromatic rings. The summed E-state index contributed by atoms with van der Waals surface area (Å²) in [6, 6.07) is 8.99. The summed E-state index contributed by atoms with van der Waals surface area (Å²) in [5.41, 5.74) is 1.40. The van der Waals surface area contributed by atoms with Crippen LogP contribution >= 0.6 is 0 Å². The molecule has 1 fully saturated rings. The Balaban J connectivity index is 0.000000267. The third-order valence-corrected chi connectivity index (χ3v) is 6.03. The van der Waals surface area contributed by atoms with Crippen LogP contribution in [0.3, 0.4) is 0 Å². The highest BCUT2D eigenvalue weighted by atomic mass is 19.1. The molecule has 0 amide bonds. The Kier molecular flexibility index (Phi) is 10.2. The predicted octanol–water partition coefficient (Wildman–Crippen LogP) is 5.78. The van der Waals surface area contributed by atoms with Gasteiger partial charge in [-0.3, -0.25) is 14.8 Å². The maximum absolute atomic E-state index is 14.3. The maximum atomic E-state index is 14.3. The number of benzene rings is 2. The second-order valence-corrected chi connectivity index (χ2v) is 9.00. The molecule has 0 saturated heterocycles. The van der Waals surface area contributed by atoms with Crippen molar-refractivity contribution >= 4 is 22.9 Å². The van der Waals surface area contributed by atoms with Gasteiger partial charge >= 0.3 is 0 Å². The first-order valence-corrected chi connectivity index (χ1v) is 13.2. The fourth-order valence-corrected chi connectivity index (χ4v) is 3.77.